The van der Waals surface area contributed by atoms with E-state index in [0.717, 1.165) is 0 Å². The van der Waals surface area contributed by atoms with Gasteiger partial charge in [0.2, 0.25) is 0 Å². The lowest BCUT2D eigenvalue weighted by molar-refractivity contribution is -0.143. The number of methoxy groups -OCH3 is 1. The summed E-state index contributed by atoms with van der Waals surface area (Å²) in [6, 6.07) is 5.80. The van der Waals surface area contributed by atoms with Crippen molar-refractivity contribution < 1.29 is 18.5 Å². The maximum Gasteiger partial charge on any atom is 0.328 e. The van der Waals surface area contributed by atoms with Gasteiger partial charge in [0.25, 0.3) is 5.91 Å². The zero-order chi connectivity index (χ0) is 16.0. The monoisotopic (exact) mass is 311 g/mol. The Morgan fingerprint density at radius 1 is 1.24 bits per heavy atom. The minimum Gasteiger partial charge on any atom is -0.467 e. The summed E-state index contributed by atoms with van der Waals surface area (Å²) in [4.78, 5) is 24.5. The van der Waals surface area contributed by atoms with Gasteiger partial charge in [-0.05, 0) is 36.6 Å². The van der Waals surface area contributed by atoms with Crippen LogP contribution in [-0.4, -0.2) is 35.5 Å². The molecule has 0 radical (unpaired) electrons. The van der Waals surface area contributed by atoms with Gasteiger partial charge in [0.05, 0.1) is 7.11 Å². The average Bonchev–Trinajstić information content (AvgIpc) is 2.45. The molecule has 0 heterocycles. The largest absolute Gasteiger partial charge is 0.467 e. The lowest BCUT2D eigenvalue weighted by Gasteiger charge is -2.18. The molecule has 0 aromatic heterocycles. The van der Waals surface area contributed by atoms with E-state index in [2.05, 4.69) is 5.32 Å². The van der Waals surface area contributed by atoms with Gasteiger partial charge >= 0.3 is 5.97 Å². The van der Waals surface area contributed by atoms with Crippen molar-refractivity contribution in [1.82, 2.24) is 5.32 Å². The Hall–Kier alpha value is -1.69. The molecule has 1 aromatic rings. The fraction of sp³-hybridized carbons (Fsp3) is 0.467. The molecular weight excluding hydrogens is 290 g/mol. The van der Waals surface area contributed by atoms with Gasteiger partial charge in [-0.1, -0.05) is 13.8 Å². The van der Waals surface area contributed by atoms with Crippen LogP contribution in [0.25, 0.3) is 0 Å². The number of amides is 1. The third kappa shape index (κ3) is 5.30. The molecular formula is C15H21NO4S. The molecule has 0 aliphatic rings. The van der Waals surface area contributed by atoms with Crippen molar-refractivity contribution >= 4 is 22.7 Å². The molecule has 2 unspecified atom stereocenters. The molecule has 0 saturated carbocycles. The fourth-order valence-electron chi connectivity index (χ4n) is 1.87. The highest BCUT2D eigenvalue weighted by Gasteiger charge is 2.23. The molecule has 5 nitrogen and oxygen atoms in total. The predicted molar refractivity (Wildman–Crippen MR) is 81.5 cm³/mol. The summed E-state index contributed by atoms with van der Waals surface area (Å²) in [5, 5.41) is 2.67. The van der Waals surface area contributed by atoms with Crippen LogP contribution in [-0.2, 0) is 20.3 Å². The van der Waals surface area contributed by atoms with Crippen molar-refractivity contribution in [3.63, 3.8) is 0 Å². The Morgan fingerprint density at radius 3 is 2.24 bits per heavy atom. The number of nitrogens with one attached hydrogen (secondary N) is 1. The van der Waals surface area contributed by atoms with Gasteiger partial charge in [-0.3, -0.25) is 9.00 Å². The summed E-state index contributed by atoms with van der Waals surface area (Å²) in [6.45, 7) is 3.93. The number of benzene rings is 1. The number of ether oxygens (including phenoxy) is 1. The van der Waals surface area contributed by atoms with Crippen molar-refractivity contribution in [2.75, 3.05) is 13.4 Å². The Labute approximate surface area is 127 Å². The van der Waals surface area contributed by atoms with Crippen LogP contribution in [0.2, 0.25) is 0 Å². The molecule has 0 bridgehead atoms. The highest BCUT2D eigenvalue weighted by molar-refractivity contribution is 7.84. The lowest BCUT2D eigenvalue weighted by Crippen LogP contribution is -2.42. The van der Waals surface area contributed by atoms with Gasteiger partial charge in [0, 0.05) is 27.5 Å². The molecule has 1 amide bonds. The molecule has 1 rings (SSSR count). The zero-order valence-corrected chi connectivity index (χ0v) is 13.5. The van der Waals surface area contributed by atoms with Gasteiger partial charge in [-0.15, -0.1) is 0 Å². The Balaban J connectivity index is 2.81. The van der Waals surface area contributed by atoms with Crippen LogP contribution >= 0.6 is 0 Å². The van der Waals surface area contributed by atoms with E-state index in [4.69, 9.17) is 4.74 Å². The summed E-state index contributed by atoms with van der Waals surface area (Å²) in [6.07, 6.45) is 2.08. The maximum atomic E-state index is 12.1. The Morgan fingerprint density at radius 2 is 1.81 bits per heavy atom. The fourth-order valence-corrected chi connectivity index (χ4v) is 2.39. The molecule has 21 heavy (non-hydrogen) atoms. The van der Waals surface area contributed by atoms with Gasteiger partial charge in [-0.2, -0.15) is 0 Å². The second-order valence-electron chi connectivity index (χ2n) is 5.16. The number of carbonyl (C=O) groups excluding carboxylic acids is 2. The van der Waals surface area contributed by atoms with Crippen LogP contribution in [0, 0.1) is 5.92 Å². The van der Waals surface area contributed by atoms with E-state index in [0.29, 0.717) is 16.9 Å². The normalized spacial score (nSPS) is 13.6. The van der Waals surface area contributed by atoms with Crippen LogP contribution in [0.5, 0.6) is 0 Å². The quantitative estimate of drug-likeness (QED) is 0.812. The van der Waals surface area contributed by atoms with E-state index >= 15 is 0 Å². The number of rotatable bonds is 6. The van der Waals surface area contributed by atoms with E-state index < -0.39 is 22.8 Å². The summed E-state index contributed by atoms with van der Waals surface area (Å²) < 4.78 is 16.0. The highest BCUT2D eigenvalue weighted by Crippen LogP contribution is 2.10. The van der Waals surface area contributed by atoms with E-state index in [1.807, 2.05) is 13.8 Å². The van der Waals surface area contributed by atoms with E-state index in [-0.39, 0.29) is 11.8 Å². The van der Waals surface area contributed by atoms with Crippen molar-refractivity contribution in [2.24, 2.45) is 5.92 Å². The van der Waals surface area contributed by atoms with Crippen molar-refractivity contribution in [3.05, 3.63) is 29.8 Å². The molecule has 0 aliphatic heterocycles. The molecule has 1 aromatic carbocycles. The first-order valence-electron chi connectivity index (χ1n) is 6.67. The number of carbonyl (C=O) groups is 2. The Kier molecular flexibility index (Phi) is 6.55. The van der Waals surface area contributed by atoms with E-state index in [9.17, 15) is 13.8 Å². The third-order valence-corrected chi connectivity index (χ3v) is 3.88. The second kappa shape index (κ2) is 7.93. The minimum absolute atomic E-state index is 0.249. The number of hydrogen-bond donors (Lipinski definition) is 1. The van der Waals surface area contributed by atoms with E-state index in [1.165, 1.54) is 7.11 Å². The summed E-state index contributed by atoms with van der Waals surface area (Å²) in [5.74, 6) is -0.554. The molecule has 0 fully saturated rings. The molecule has 0 spiro atoms. The Bertz CT molecular complexity index is 525. The molecule has 6 heteroatoms. The van der Waals surface area contributed by atoms with Crippen molar-refractivity contribution in [3.8, 4) is 0 Å². The van der Waals surface area contributed by atoms with Crippen molar-refractivity contribution in [1.29, 1.82) is 0 Å². The summed E-state index contributed by atoms with van der Waals surface area (Å²) in [5.41, 5.74) is 0.418. The van der Waals surface area contributed by atoms with Crippen LogP contribution < -0.4 is 5.32 Å². The zero-order valence-electron chi connectivity index (χ0n) is 12.7. The predicted octanol–water partition coefficient (Wildman–Crippen LogP) is 1.74. The third-order valence-electron chi connectivity index (χ3n) is 2.95. The molecule has 0 saturated heterocycles. The molecule has 0 aliphatic carbocycles. The summed E-state index contributed by atoms with van der Waals surface area (Å²) in [7, 11) is 0.215. The number of hydrogen-bond acceptors (Lipinski definition) is 4. The molecule has 1 N–H and O–H groups in total. The van der Waals surface area contributed by atoms with Gasteiger partial charge in [0.1, 0.15) is 6.04 Å². The van der Waals surface area contributed by atoms with Crippen LogP contribution in [0.3, 0.4) is 0 Å². The van der Waals surface area contributed by atoms with E-state index in [1.54, 1.807) is 30.5 Å². The lowest BCUT2D eigenvalue weighted by atomic mass is 10.0. The molecule has 116 valence electrons. The first-order valence-corrected chi connectivity index (χ1v) is 8.23. The van der Waals surface area contributed by atoms with Crippen LogP contribution in [0.1, 0.15) is 30.6 Å². The molecule has 2 atom stereocenters. The minimum atomic E-state index is -1.08. The van der Waals surface area contributed by atoms with Gasteiger partial charge < -0.3 is 10.1 Å². The first-order chi connectivity index (χ1) is 9.85. The highest BCUT2D eigenvalue weighted by atomic mass is 32.2. The summed E-state index contributed by atoms with van der Waals surface area (Å²) >= 11 is 0. The number of esters is 1. The smallest absolute Gasteiger partial charge is 0.328 e. The SMILES string of the molecule is COC(=O)C(CC(C)C)NC(=O)c1ccc(S(C)=O)cc1. The van der Waals surface area contributed by atoms with Crippen LogP contribution in [0.15, 0.2) is 29.2 Å². The standard InChI is InChI=1S/C15H21NO4S/c1-10(2)9-13(15(18)20-3)16-14(17)11-5-7-12(8-6-11)21(4)19/h5-8,10,13H,9H2,1-4H3,(H,16,17). The topological polar surface area (TPSA) is 72.5 Å². The second-order valence-corrected chi connectivity index (χ2v) is 6.54. The first kappa shape index (κ1) is 17.4. The van der Waals surface area contributed by atoms with Crippen molar-refractivity contribution in [2.45, 2.75) is 31.2 Å². The average molecular weight is 311 g/mol. The maximum absolute atomic E-state index is 12.1. The van der Waals surface area contributed by atoms with Crippen LogP contribution in [0.4, 0.5) is 0 Å². The van der Waals surface area contributed by atoms with Gasteiger partial charge in [-0.25, -0.2) is 4.79 Å². The van der Waals surface area contributed by atoms with Gasteiger partial charge in [0.15, 0.2) is 0 Å².